The second kappa shape index (κ2) is 6.90. The first kappa shape index (κ1) is 15.1. The van der Waals surface area contributed by atoms with Gasteiger partial charge in [-0.25, -0.2) is 4.79 Å². The largest absolute Gasteiger partial charge is 0.481 e. The van der Waals surface area contributed by atoms with E-state index in [0.717, 1.165) is 15.4 Å². The van der Waals surface area contributed by atoms with Crippen LogP contribution < -0.4 is 5.32 Å². The van der Waals surface area contributed by atoms with Gasteiger partial charge in [-0.05, 0) is 30.3 Å². The number of rotatable bonds is 6. The summed E-state index contributed by atoms with van der Waals surface area (Å²) in [6.45, 7) is 0.578. The second-order valence-electron chi connectivity index (χ2n) is 4.36. The molecule has 110 valence electrons. The lowest BCUT2D eigenvalue weighted by Gasteiger charge is -2.06. The van der Waals surface area contributed by atoms with Gasteiger partial charge in [0.25, 0.3) is 0 Å². The zero-order valence-corrected chi connectivity index (χ0v) is 12.3. The lowest BCUT2D eigenvalue weighted by atomic mass is 10.2. The van der Waals surface area contributed by atoms with Gasteiger partial charge in [-0.2, -0.15) is 0 Å². The van der Waals surface area contributed by atoms with Gasteiger partial charge in [0.05, 0.1) is 19.1 Å². The van der Waals surface area contributed by atoms with Crippen LogP contribution in [-0.2, 0) is 22.5 Å². The third kappa shape index (κ3) is 4.32. The lowest BCUT2D eigenvalue weighted by Crippen LogP contribution is -2.03. The average molecular weight is 305 g/mol. The van der Waals surface area contributed by atoms with Crippen LogP contribution in [0.1, 0.15) is 20.1 Å². The van der Waals surface area contributed by atoms with E-state index in [-0.39, 0.29) is 12.4 Å². The van der Waals surface area contributed by atoms with Crippen molar-refractivity contribution < 1.29 is 19.4 Å². The van der Waals surface area contributed by atoms with Gasteiger partial charge in [-0.3, -0.25) is 4.79 Å². The molecule has 1 aromatic carbocycles. The fraction of sp³-hybridized carbons (Fsp3) is 0.200. The summed E-state index contributed by atoms with van der Waals surface area (Å²) in [6.07, 6.45) is 0.0441. The summed E-state index contributed by atoms with van der Waals surface area (Å²) in [5.74, 6) is -1.21. The maximum absolute atomic E-state index is 11.4. The highest BCUT2D eigenvalue weighted by molar-refractivity contribution is 7.12. The van der Waals surface area contributed by atoms with Crippen LogP contribution in [0.2, 0.25) is 0 Å². The van der Waals surface area contributed by atoms with E-state index in [0.29, 0.717) is 12.1 Å². The Bertz CT molecular complexity index is 651. The lowest BCUT2D eigenvalue weighted by molar-refractivity contribution is -0.136. The Morgan fingerprint density at radius 3 is 2.71 bits per heavy atom. The molecular formula is C15H15NO4S. The predicted molar refractivity (Wildman–Crippen MR) is 80.8 cm³/mol. The smallest absolute Gasteiger partial charge is 0.337 e. The van der Waals surface area contributed by atoms with E-state index in [1.165, 1.54) is 18.4 Å². The van der Waals surface area contributed by atoms with Crippen molar-refractivity contribution >= 4 is 29.0 Å². The fourth-order valence-corrected chi connectivity index (χ4v) is 2.77. The monoisotopic (exact) mass is 305 g/mol. The van der Waals surface area contributed by atoms with E-state index in [1.54, 1.807) is 18.2 Å². The molecule has 6 heteroatoms. The molecule has 2 N–H and O–H groups in total. The Morgan fingerprint density at radius 1 is 1.24 bits per heavy atom. The number of carboxylic acids is 1. The Labute approximate surface area is 126 Å². The van der Waals surface area contributed by atoms with Crippen LogP contribution in [-0.4, -0.2) is 24.2 Å². The van der Waals surface area contributed by atoms with Crippen LogP contribution in [0.15, 0.2) is 36.4 Å². The number of nitrogens with one attached hydrogen (secondary N) is 1. The molecule has 0 aliphatic carbocycles. The fourth-order valence-electron chi connectivity index (χ4n) is 1.82. The molecule has 0 aliphatic heterocycles. The van der Waals surface area contributed by atoms with Crippen molar-refractivity contribution in [1.82, 2.24) is 0 Å². The van der Waals surface area contributed by atoms with E-state index in [4.69, 9.17) is 5.11 Å². The highest BCUT2D eigenvalue weighted by atomic mass is 32.1. The second-order valence-corrected chi connectivity index (χ2v) is 5.62. The van der Waals surface area contributed by atoms with Crippen molar-refractivity contribution in [1.29, 1.82) is 0 Å². The number of carboxylic acid groups (broad SMARTS) is 1. The molecule has 1 aromatic heterocycles. The Hall–Kier alpha value is -2.34. The highest BCUT2D eigenvalue weighted by Crippen LogP contribution is 2.19. The van der Waals surface area contributed by atoms with Gasteiger partial charge < -0.3 is 15.2 Å². The molecule has 0 fully saturated rings. The molecule has 5 nitrogen and oxygen atoms in total. The predicted octanol–water partition coefficient (Wildman–Crippen LogP) is 2.77. The molecule has 0 bridgehead atoms. The van der Waals surface area contributed by atoms with Crippen LogP contribution in [0.3, 0.4) is 0 Å². The normalized spacial score (nSPS) is 10.1. The van der Waals surface area contributed by atoms with Crippen LogP contribution >= 0.6 is 11.3 Å². The van der Waals surface area contributed by atoms with E-state index >= 15 is 0 Å². The number of carbonyl (C=O) groups is 2. The van der Waals surface area contributed by atoms with Gasteiger partial charge in [-0.15, -0.1) is 11.3 Å². The van der Waals surface area contributed by atoms with Crippen molar-refractivity contribution in [2.45, 2.75) is 13.0 Å². The van der Waals surface area contributed by atoms with Crippen molar-refractivity contribution in [3.63, 3.8) is 0 Å². The van der Waals surface area contributed by atoms with Crippen molar-refractivity contribution in [2.75, 3.05) is 12.4 Å². The number of aliphatic carboxylic acids is 1. The third-order valence-corrected chi connectivity index (χ3v) is 3.88. The topological polar surface area (TPSA) is 75.6 Å². The Kier molecular flexibility index (Phi) is 4.94. The number of hydrogen-bond donors (Lipinski definition) is 2. The molecule has 0 unspecified atom stereocenters. The summed E-state index contributed by atoms with van der Waals surface area (Å²) < 4.78 is 4.67. The third-order valence-electron chi connectivity index (χ3n) is 2.79. The summed E-state index contributed by atoms with van der Waals surface area (Å²) in [5.41, 5.74) is 1.30. The molecule has 0 radical (unpaired) electrons. The SMILES string of the molecule is COC(=O)c1cccc(NCc2ccc(CC(=O)O)s2)c1. The van der Waals surface area contributed by atoms with Gasteiger partial charge in [0, 0.05) is 22.0 Å². The minimum Gasteiger partial charge on any atom is -0.481 e. The Morgan fingerprint density at radius 2 is 2.00 bits per heavy atom. The molecule has 0 saturated heterocycles. The zero-order chi connectivity index (χ0) is 15.2. The average Bonchev–Trinajstić information content (AvgIpc) is 2.91. The van der Waals surface area contributed by atoms with Gasteiger partial charge in [-0.1, -0.05) is 6.07 Å². The van der Waals surface area contributed by atoms with Gasteiger partial charge in [0.15, 0.2) is 0 Å². The Balaban J connectivity index is 1.98. The summed E-state index contributed by atoms with van der Waals surface area (Å²) >= 11 is 1.46. The number of carbonyl (C=O) groups excluding carboxylic acids is 1. The number of anilines is 1. The summed E-state index contributed by atoms with van der Waals surface area (Å²) in [6, 6.07) is 10.8. The molecular weight excluding hydrogens is 290 g/mol. The molecule has 0 spiro atoms. The van der Waals surface area contributed by atoms with E-state index in [1.807, 2.05) is 18.2 Å². The summed E-state index contributed by atoms with van der Waals surface area (Å²) in [4.78, 5) is 23.9. The molecule has 0 saturated carbocycles. The summed E-state index contributed by atoms with van der Waals surface area (Å²) in [5, 5.41) is 11.9. The number of thiophene rings is 1. The molecule has 21 heavy (non-hydrogen) atoms. The first-order valence-corrected chi connectivity index (χ1v) is 7.12. The molecule has 0 amide bonds. The standard InChI is InChI=1S/C15H15NO4S/c1-20-15(19)10-3-2-4-11(7-10)16-9-13-6-5-12(21-13)8-14(17)18/h2-7,16H,8-9H2,1H3,(H,17,18). The molecule has 2 rings (SSSR count). The quantitative estimate of drug-likeness (QED) is 0.803. The van der Waals surface area contributed by atoms with Crippen molar-refractivity contribution in [3.8, 4) is 0 Å². The number of ether oxygens (including phenoxy) is 1. The van der Waals surface area contributed by atoms with Gasteiger partial charge in [0.1, 0.15) is 0 Å². The van der Waals surface area contributed by atoms with Crippen molar-refractivity contribution in [3.05, 3.63) is 51.7 Å². The minimum absolute atomic E-state index is 0.0441. The minimum atomic E-state index is -0.831. The molecule has 2 aromatic rings. The summed E-state index contributed by atoms with van der Waals surface area (Å²) in [7, 11) is 1.35. The first-order valence-electron chi connectivity index (χ1n) is 6.30. The number of hydrogen-bond acceptors (Lipinski definition) is 5. The number of benzene rings is 1. The van der Waals surface area contributed by atoms with Gasteiger partial charge in [0.2, 0.25) is 0 Å². The molecule has 1 heterocycles. The van der Waals surface area contributed by atoms with Crippen LogP contribution in [0, 0.1) is 0 Å². The highest BCUT2D eigenvalue weighted by Gasteiger charge is 2.07. The first-order chi connectivity index (χ1) is 10.1. The van der Waals surface area contributed by atoms with E-state index < -0.39 is 5.97 Å². The maximum atomic E-state index is 11.4. The van der Waals surface area contributed by atoms with E-state index in [9.17, 15) is 9.59 Å². The maximum Gasteiger partial charge on any atom is 0.337 e. The molecule has 0 aliphatic rings. The van der Waals surface area contributed by atoms with E-state index in [2.05, 4.69) is 10.1 Å². The van der Waals surface area contributed by atoms with Crippen LogP contribution in [0.25, 0.3) is 0 Å². The number of methoxy groups -OCH3 is 1. The van der Waals surface area contributed by atoms with Crippen molar-refractivity contribution in [2.24, 2.45) is 0 Å². The number of esters is 1. The van der Waals surface area contributed by atoms with Crippen LogP contribution in [0.4, 0.5) is 5.69 Å². The zero-order valence-electron chi connectivity index (χ0n) is 11.5. The van der Waals surface area contributed by atoms with Crippen LogP contribution in [0.5, 0.6) is 0 Å². The molecule has 0 atom stereocenters. The van der Waals surface area contributed by atoms with Gasteiger partial charge >= 0.3 is 11.9 Å².